The number of rotatable bonds is 5. The number of hydrogen-bond donors (Lipinski definition) is 1. The van der Waals surface area contributed by atoms with E-state index in [1.165, 1.54) is 10.7 Å². The van der Waals surface area contributed by atoms with Crippen LogP contribution in [-0.2, 0) is 7.05 Å². The van der Waals surface area contributed by atoms with Crippen molar-refractivity contribution in [1.29, 1.82) is 0 Å². The molecule has 25 heavy (non-hydrogen) atoms. The molecule has 0 spiro atoms. The molecule has 0 fully saturated rings. The number of furan rings is 1. The minimum atomic E-state index is -0.707. The van der Waals surface area contributed by atoms with Crippen LogP contribution in [0.2, 0.25) is 0 Å². The van der Waals surface area contributed by atoms with Crippen molar-refractivity contribution in [2.75, 3.05) is 12.4 Å². The molecule has 0 aliphatic rings. The van der Waals surface area contributed by atoms with Crippen LogP contribution in [0.5, 0.6) is 5.75 Å². The number of aryl methyl sites for hydroxylation is 1. The summed E-state index contributed by atoms with van der Waals surface area (Å²) in [6, 6.07) is 11.4. The van der Waals surface area contributed by atoms with E-state index in [0.717, 1.165) is 11.6 Å². The van der Waals surface area contributed by atoms with Crippen LogP contribution in [0.15, 0.2) is 46.9 Å². The largest absolute Gasteiger partial charge is 0.497 e. The minimum absolute atomic E-state index is 0.157. The molecule has 9 nitrogen and oxygen atoms in total. The normalized spacial score (nSPS) is 10.5. The van der Waals surface area contributed by atoms with Gasteiger partial charge in [-0.15, -0.1) is 0 Å². The molecule has 0 radical (unpaired) electrons. The highest BCUT2D eigenvalue weighted by Crippen LogP contribution is 2.25. The number of nitro groups is 1. The molecule has 0 aliphatic heterocycles. The quantitative estimate of drug-likeness (QED) is 0.563. The summed E-state index contributed by atoms with van der Waals surface area (Å²) >= 11 is 0. The SMILES string of the molecule is COc1cccc(-c2cc(NC(=O)c3ccc([N+](=O)[O-])o3)n(C)n2)c1. The van der Waals surface area contributed by atoms with Crippen molar-refractivity contribution in [2.45, 2.75) is 0 Å². The Balaban J connectivity index is 1.82. The molecule has 0 unspecified atom stereocenters. The van der Waals surface area contributed by atoms with Crippen LogP contribution in [0, 0.1) is 10.1 Å². The zero-order valence-corrected chi connectivity index (χ0v) is 13.4. The van der Waals surface area contributed by atoms with Gasteiger partial charge in [-0.05, 0) is 18.2 Å². The van der Waals surface area contributed by atoms with E-state index >= 15 is 0 Å². The zero-order chi connectivity index (χ0) is 18.0. The molecule has 0 atom stereocenters. The third kappa shape index (κ3) is 3.34. The van der Waals surface area contributed by atoms with Gasteiger partial charge in [-0.3, -0.25) is 19.6 Å². The van der Waals surface area contributed by atoms with E-state index in [4.69, 9.17) is 9.15 Å². The van der Waals surface area contributed by atoms with Gasteiger partial charge in [0.05, 0.1) is 18.9 Å². The minimum Gasteiger partial charge on any atom is -0.497 e. The fraction of sp³-hybridized carbons (Fsp3) is 0.125. The molecule has 0 saturated carbocycles. The molecule has 1 aromatic carbocycles. The topological polar surface area (TPSA) is 112 Å². The van der Waals surface area contributed by atoms with Crippen LogP contribution < -0.4 is 10.1 Å². The van der Waals surface area contributed by atoms with Gasteiger partial charge in [0, 0.05) is 18.7 Å². The Morgan fingerprint density at radius 1 is 1.32 bits per heavy atom. The van der Waals surface area contributed by atoms with E-state index in [0.29, 0.717) is 17.3 Å². The van der Waals surface area contributed by atoms with Crippen LogP contribution in [0.3, 0.4) is 0 Å². The first-order valence-corrected chi connectivity index (χ1v) is 7.22. The number of nitrogens with zero attached hydrogens (tertiary/aromatic N) is 3. The maximum Gasteiger partial charge on any atom is 0.433 e. The van der Waals surface area contributed by atoms with Crippen molar-refractivity contribution in [2.24, 2.45) is 7.05 Å². The van der Waals surface area contributed by atoms with Crippen molar-refractivity contribution in [3.63, 3.8) is 0 Å². The second kappa shape index (κ2) is 6.48. The Labute approximate surface area is 142 Å². The average Bonchev–Trinajstić information content (AvgIpc) is 3.23. The molecular weight excluding hydrogens is 328 g/mol. The van der Waals surface area contributed by atoms with E-state index in [1.54, 1.807) is 20.2 Å². The molecule has 2 heterocycles. The molecule has 0 bridgehead atoms. The summed E-state index contributed by atoms with van der Waals surface area (Å²) in [5, 5.41) is 17.6. The van der Waals surface area contributed by atoms with Gasteiger partial charge in [-0.2, -0.15) is 5.10 Å². The summed E-state index contributed by atoms with van der Waals surface area (Å²) < 4.78 is 11.6. The molecule has 0 aliphatic carbocycles. The van der Waals surface area contributed by atoms with Crippen molar-refractivity contribution < 1.29 is 18.9 Å². The maximum absolute atomic E-state index is 12.2. The monoisotopic (exact) mass is 342 g/mol. The van der Waals surface area contributed by atoms with Gasteiger partial charge in [0.25, 0.3) is 5.91 Å². The van der Waals surface area contributed by atoms with E-state index in [1.807, 2.05) is 24.3 Å². The smallest absolute Gasteiger partial charge is 0.433 e. The second-order valence-electron chi connectivity index (χ2n) is 5.12. The van der Waals surface area contributed by atoms with Crippen LogP contribution in [0.4, 0.5) is 11.7 Å². The van der Waals surface area contributed by atoms with Gasteiger partial charge < -0.3 is 14.5 Å². The fourth-order valence-corrected chi connectivity index (χ4v) is 2.23. The molecule has 2 aromatic heterocycles. The van der Waals surface area contributed by atoms with Gasteiger partial charge in [-0.25, -0.2) is 0 Å². The number of methoxy groups -OCH3 is 1. The summed E-state index contributed by atoms with van der Waals surface area (Å²) in [7, 11) is 3.25. The van der Waals surface area contributed by atoms with Gasteiger partial charge in [0.2, 0.25) is 0 Å². The molecule has 1 N–H and O–H groups in total. The second-order valence-corrected chi connectivity index (χ2v) is 5.12. The summed E-state index contributed by atoms with van der Waals surface area (Å²) in [5.41, 5.74) is 1.46. The molecule has 3 rings (SSSR count). The Morgan fingerprint density at radius 2 is 2.12 bits per heavy atom. The number of nitrogens with one attached hydrogen (secondary N) is 1. The van der Waals surface area contributed by atoms with Crippen LogP contribution >= 0.6 is 0 Å². The highest BCUT2D eigenvalue weighted by Gasteiger charge is 2.19. The molecule has 9 heteroatoms. The maximum atomic E-state index is 12.2. The van der Waals surface area contributed by atoms with E-state index in [9.17, 15) is 14.9 Å². The number of anilines is 1. The number of carbonyl (C=O) groups excluding carboxylic acids is 1. The highest BCUT2D eigenvalue weighted by molar-refractivity contribution is 6.02. The number of benzene rings is 1. The van der Waals surface area contributed by atoms with Gasteiger partial charge in [0.1, 0.15) is 16.5 Å². The predicted molar refractivity (Wildman–Crippen MR) is 88.5 cm³/mol. The first kappa shape index (κ1) is 16.2. The van der Waals surface area contributed by atoms with Gasteiger partial charge in [0.15, 0.2) is 5.76 Å². The number of carbonyl (C=O) groups is 1. The predicted octanol–water partition coefficient (Wildman–Crippen LogP) is 2.85. The number of hydrogen-bond acceptors (Lipinski definition) is 6. The first-order valence-electron chi connectivity index (χ1n) is 7.22. The lowest BCUT2D eigenvalue weighted by molar-refractivity contribution is -0.402. The molecule has 1 amide bonds. The van der Waals surface area contributed by atoms with Crippen molar-refractivity contribution >= 4 is 17.6 Å². The third-order valence-electron chi connectivity index (χ3n) is 3.48. The molecule has 0 saturated heterocycles. The van der Waals surface area contributed by atoms with Crippen molar-refractivity contribution in [3.05, 3.63) is 58.3 Å². The lowest BCUT2D eigenvalue weighted by atomic mass is 10.1. The first-order chi connectivity index (χ1) is 12.0. The van der Waals surface area contributed by atoms with Crippen LogP contribution in [0.25, 0.3) is 11.3 Å². The Morgan fingerprint density at radius 3 is 2.80 bits per heavy atom. The molecule has 3 aromatic rings. The van der Waals surface area contributed by atoms with Crippen molar-refractivity contribution in [3.8, 4) is 17.0 Å². The average molecular weight is 342 g/mol. The number of aromatic nitrogens is 2. The zero-order valence-electron chi connectivity index (χ0n) is 13.4. The Hall–Kier alpha value is -3.62. The summed E-state index contributed by atoms with van der Waals surface area (Å²) in [6.07, 6.45) is 0. The van der Waals surface area contributed by atoms with Crippen LogP contribution in [-0.4, -0.2) is 27.7 Å². The molecular formula is C16H14N4O5. The third-order valence-corrected chi connectivity index (χ3v) is 3.48. The summed E-state index contributed by atoms with van der Waals surface area (Å²) in [5.74, 6) is -0.144. The highest BCUT2D eigenvalue weighted by atomic mass is 16.6. The van der Waals surface area contributed by atoms with E-state index < -0.39 is 16.7 Å². The number of ether oxygens (including phenoxy) is 1. The fourth-order valence-electron chi connectivity index (χ4n) is 2.23. The molecule has 128 valence electrons. The lowest BCUT2D eigenvalue weighted by Crippen LogP contribution is -2.13. The lowest BCUT2D eigenvalue weighted by Gasteiger charge is -2.01. The standard InChI is InChI=1S/C16H14N4O5/c1-19-14(17-16(21)13-6-7-15(25-13)20(22)23)9-12(18-19)10-4-3-5-11(8-10)24-2/h3-9H,1-2H3,(H,17,21). The Kier molecular flexibility index (Phi) is 4.21. The van der Waals surface area contributed by atoms with Gasteiger partial charge >= 0.3 is 5.88 Å². The van der Waals surface area contributed by atoms with Crippen LogP contribution in [0.1, 0.15) is 10.6 Å². The summed E-state index contributed by atoms with van der Waals surface area (Å²) in [4.78, 5) is 22.1. The summed E-state index contributed by atoms with van der Waals surface area (Å²) in [6.45, 7) is 0. The van der Waals surface area contributed by atoms with Crippen molar-refractivity contribution in [1.82, 2.24) is 9.78 Å². The van der Waals surface area contributed by atoms with E-state index in [2.05, 4.69) is 10.4 Å². The van der Waals surface area contributed by atoms with Gasteiger partial charge in [-0.1, -0.05) is 12.1 Å². The van der Waals surface area contributed by atoms with E-state index in [-0.39, 0.29) is 5.76 Å². The Bertz CT molecular complexity index is 944. The number of amides is 1.